The number of nitro benzene ring substituents is 1. The van der Waals surface area contributed by atoms with Crippen molar-refractivity contribution in [1.82, 2.24) is 14.8 Å². The average Bonchev–Trinajstić information content (AvgIpc) is 3.38. The van der Waals surface area contributed by atoms with Gasteiger partial charge in [-0.3, -0.25) is 14.9 Å². The molecule has 0 aliphatic rings. The number of thiophene rings is 1. The van der Waals surface area contributed by atoms with Gasteiger partial charge in [0, 0.05) is 12.1 Å². The number of carbonyl (C=O) groups excluding carboxylic acids is 1. The molecule has 0 fully saturated rings. The molecule has 3 aromatic heterocycles. The zero-order valence-corrected chi connectivity index (χ0v) is 17.4. The topological polar surface area (TPSA) is 103 Å². The van der Waals surface area contributed by atoms with E-state index in [1.54, 1.807) is 36.0 Å². The van der Waals surface area contributed by atoms with Gasteiger partial charge < -0.3 is 5.32 Å². The van der Waals surface area contributed by atoms with Crippen molar-refractivity contribution >= 4 is 39.7 Å². The first-order valence-electron chi connectivity index (χ1n) is 9.34. The Hall–Kier alpha value is -3.59. The van der Waals surface area contributed by atoms with E-state index in [2.05, 4.69) is 10.4 Å². The van der Waals surface area contributed by atoms with Crippen LogP contribution < -0.4 is 5.32 Å². The normalized spacial score (nSPS) is 11.2. The Morgan fingerprint density at radius 1 is 1.27 bits per heavy atom. The third kappa shape index (κ3) is 3.43. The Bertz CT molecular complexity index is 1260. The molecule has 4 rings (SSSR count). The van der Waals surface area contributed by atoms with Gasteiger partial charge in [-0.15, -0.1) is 11.3 Å². The second kappa shape index (κ2) is 7.68. The number of fused-ring (bicyclic) bond motifs is 1. The van der Waals surface area contributed by atoms with E-state index in [1.807, 2.05) is 31.4 Å². The largest absolute Gasteiger partial charge is 0.321 e. The van der Waals surface area contributed by atoms with E-state index in [0.29, 0.717) is 33.5 Å². The SMILES string of the molecule is Cc1c(NC(=O)c2cc(-c3cccs3)nc3c2cnn3C(C)C)cccc1[N+](=O)[O-]. The van der Waals surface area contributed by atoms with Crippen LogP contribution in [0.4, 0.5) is 11.4 Å². The van der Waals surface area contributed by atoms with Crippen molar-refractivity contribution in [2.45, 2.75) is 26.8 Å². The van der Waals surface area contributed by atoms with Gasteiger partial charge in [-0.25, -0.2) is 9.67 Å². The molecule has 3 heterocycles. The van der Waals surface area contributed by atoms with Crippen LogP contribution in [0.5, 0.6) is 0 Å². The highest BCUT2D eigenvalue weighted by atomic mass is 32.1. The van der Waals surface area contributed by atoms with Gasteiger partial charge in [0.2, 0.25) is 0 Å². The number of carbonyl (C=O) groups is 1. The average molecular weight is 421 g/mol. The Labute approximate surface area is 176 Å². The predicted octanol–water partition coefficient (Wildman–Crippen LogP) is 5.21. The number of anilines is 1. The Morgan fingerprint density at radius 3 is 2.73 bits per heavy atom. The van der Waals surface area contributed by atoms with Crippen LogP contribution in [0, 0.1) is 17.0 Å². The van der Waals surface area contributed by atoms with Crippen LogP contribution in [0.25, 0.3) is 21.6 Å². The van der Waals surface area contributed by atoms with Crippen LogP contribution in [0.15, 0.2) is 48.0 Å². The van der Waals surface area contributed by atoms with Crippen molar-refractivity contribution in [3.63, 3.8) is 0 Å². The first-order chi connectivity index (χ1) is 14.4. The van der Waals surface area contributed by atoms with E-state index in [1.165, 1.54) is 17.4 Å². The lowest BCUT2D eigenvalue weighted by Crippen LogP contribution is -2.14. The van der Waals surface area contributed by atoms with Crippen molar-refractivity contribution in [3.05, 3.63) is 69.2 Å². The van der Waals surface area contributed by atoms with Gasteiger partial charge in [-0.1, -0.05) is 12.1 Å². The van der Waals surface area contributed by atoms with E-state index in [9.17, 15) is 14.9 Å². The predicted molar refractivity (Wildman–Crippen MR) is 117 cm³/mol. The van der Waals surface area contributed by atoms with Crippen LogP contribution in [-0.2, 0) is 0 Å². The second-order valence-electron chi connectivity index (χ2n) is 7.11. The molecular weight excluding hydrogens is 402 g/mol. The molecule has 8 nitrogen and oxygen atoms in total. The highest BCUT2D eigenvalue weighted by molar-refractivity contribution is 7.13. The van der Waals surface area contributed by atoms with Crippen LogP contribution >= 0.6 is 11.3 Å². The fourth-order valence-electron chi connectivity index (χ4n) is 3.28. The summed E-state index contributed by atoms with van der Waals surface area (Å²) in [6, 6.07) is 10.3. The molecule has 9 heteroatoms. The maximum absolute atomic E-state index is 13.2. The standard InChI is InChI=1S/C21H19N5O3S/c1-12(2)25-20-15(11-22-25)14(10-17(23-20)19-8-5-9-30-19)21(27)24-16-6-4-7-18(13(16)3)26(28)29/h4-12H,1-3H3,(H,24,27). The number of nitro groups is 1. The molecule has 0 aliphatic carbocycles. The zero-order valence-electron chi connectivity index (χ0n) is 16.6. The molecule has 0 atom stereocenters. The third-order valence-electron chi connectivity index (χ3n) is 4.82. The molecule has 4 aromatic rings. The lowest BCUT2D eigenvalue weighted by molar-refractivity contribution is -0.385. The molecule has 1 N–H and O–H groups in total. The number of nitrogens with one attached hydrogen (secondary N) is 1. The molecule has 0 aliphatic heterocycles. The lowest BCUT2D eigenvalue weighted by atomic mass is 10.1. The first kappa shape index (κ1) is 19.7. The molecule has 0 spiro atoms. The molecule has 0 radical (unpaired) electrons. The maximum atomic E-state index is 13.2. The smallest absolute Gasteiger partial charge is 0.274 e. The molecule has 1 aromatic carbocycles. The summed E-state index contributed by atoms with van der Waals surface area (Å²) in [5.74, 6) is -0.368. The Morgan fingerprint density at radius 2 is 2.07 bits per heavy atom. The van der Waals surface area contributed by atoms with Gasteiger partial charge in [0.15, 0.2) is 5.65 Å². The third-order valence-corrected chi connectivity index (χ3v) is 5.72. The molecule has 30 heavy (non-hydrogen) atoms. The summed E-state index contributed by atoms with van der Waals surface area (Å²) in [4.78, 5) is 29.7. The van der Waals surface area contributed by atoms with Crippen molar-refractivity contribution in [1.29, 1.82) is 0 Å². The summed E-state index contributed by atoms with van der Waals surface area (Å²) in [5, 5.41) is 21.0. The molecule has 1 amide bonds. The molecule has 152 valence electrons. The number of nitrogens with zero attached hydrogens (tertiary/aromatic N) is 4. The quantitative estimate of drug-likeness (QED) is 0.352. The van der Waals surface area contributed by atoms with Crippen molar-refractivity contribution in [2.24, 2.45) is 0 Å². The fourth-order valence-corrected chi connectivity index (χ4v) is 3.97. The van der Waals surface area contributed by atoms with Crippen molar-refractivity contribution < 1.29 is 9.72 Å². The van der Waals surface area contributed by atoms with E-state index < -0.39 is 4.92 Å². The summed E-state index contributed by atoms with van der Waals surface area (Å²) in [7, 11) is 0. The molecular formula is C21H19N5O3S. The minimum absolute atomic E-state index is 0.0421. The second-order valence-corrected chi connectivity index (χ2v) is 8.06. The highest BCUT2D eigenvalue weighted by Crippen LogP contribution is 2.30. The number of hydrogen-bond acceptors (Lipinski definition) is 6. The number of benzene rings is 1. The summed E-state index contributed by atoms with van der Waals surface area (Å²) >= 11 is 1.53. The van der Waals surface area contributed by atoms with Crippen LogP contribution in [0.1, 0.15) is 35.8 Å². The molecule has 0 saturated carbocycles. The molecule has 0 saturated heterocycles. The van der Waals surface area contributed by atoms with E-state index in [4.69, 9.17) is 4.98 Å². The summed E-state index contributed by atoms with van der Waals surface area (Å²) < 4.78 is 1.78. The zero-order chi connectivity index (χ0) is 21.4. The highest BCUT2D eigenvalue weighted by Gasteiger charge is 2.21. The van der Waals surface area contributed by atoms with Crippen LogP contribution in [0.3, 0.4) is 0 Å². The van der Waals surface area contributed by atoms with Gasteiger partial charge in [0.05, 0.1) is 43.9 Å². The van der Waals surface area contributed by atoms with E-state index in [0.717, 1.165) is 4.88 Å². The summed E-state index contributed by atoms with van der Waals surface area (Å²) in [6.45, 7) is 5.61. The molecule has 0 unspecified atom stereocenters. The number of hydrogen-bond donors (Lipinski definition) is 1. The minimum atomic E-state index is -0.461. The number of amides is 1. The number of rotatable bonds is 5. The Kier molecular flexibility index (Phi) is 5.04. The van der Waals surface area contributed by atoms with Gasteiger partial charge in [0.1, 0.15) is 0 Å². The van der Waals surface area contributed by atoms with Gasteiger partial charge in [-0.2, -0.15) is 5.10 Å². The Balaban J connectivity index is 1.83. The lowest BCUT2D eigenvalue weighted by Gasteiger charge is -2.11. The summed E-state index contributed by atoms with van der Waals surface area (Å²) in [5.41, 5.74) is 2.48. The van der Waals surface area contributed by atoms with Crippen molar-refractivity contribution in [3.8, 4) is 10.6 Å². The van der Waals surface area contributed by atoms with Gasteiger partial charge in [0.25, 0.3) is 11.6 Å². The van der Waals surface area contributed by atoms with E-state index in [-0.39, 0.29) is 17.6 Å². The van der Waals surface area contributed by atoms with E-state index >= 15 is 0 Å². The minimum Gasteiger partial charge on any atom is -0.321 e. The number of aromatic nitrogens is 3. The monoisotopic (exact) mass is 421 g/mol. The van der Waals surface area contributed by atoms with Gasteiger partial charge >= 0.3 is 0 Å². The van der Waals surface area contributed by atoms with Crippen molar-refractivity contribution in [2.75, 3.05) is 5.32 Å². The summed E-state index contributed by atoms with van der Waals surface area (Å²) in [6.07, 6.45) is 1.63. The molecule has 0 bridgehead atoms. The maximum Gasteiger partial charge on any atom is 0.274 e. The van der Waals surface area contributed by atoms with Gasteiger partial charge in [-0.05, 0) is 44.4 Å². The number of pyridine rings is 1. The first-order valence-corrected chi connectivity index (χ1v) is 10.2. The van der Waals surface area contributed by atoms with Crippen LogP contribution in [0.2, 0.25) is 0 Å². The van der Waals surface area contributed by atoms with Crippen LogP contribution in [-0.4, -0.2) is 25.6 Å². The fraction of sp³-hybridized carbons (Fsp3) is 0.190.